The minimum atomic E-state index is -1.02. The highest BCUT2D eigenvalue weighted by Gasteiger charge is 2.14. The summed E-state index contributed by atoms with van der Waals surface area (Å²) in [5.41, 5.74) is 1.89. The number of rotatable bonds is 6. The van der Waals surface area contributed by atoms with Crippen molar-refractivity contribution in [2.45, 2.75) is 13.3 Å². The van der Waals surface area contributed by atoms with Gasteiger partial charge in [0.15, 0.2) is 0 Å². The second-order valence-corrected chi connectivity index (χ2v) is 5.49. The molecular weight excluding hydrogens is 322 g/mol. The summed E-state index contributed by atoms with van der Waals surface area (Å²) in [6.07, 6.45) is 3.54. The lowest BCUT2D eigenvalue weighted by Gasteiger charge is -2.07. The van der Waals surface area contributed by atoms with E-state index in [0.29, 0.717) is 29.9 Å². The van der Waals surface area contributed by atoms with E-state index >= 15 is 0 Å². The van der Waals surface area contributed by atoms with Gasteiger partial charge in [-0.1, -0.05) is 0 Å². The monoisotopic (exact) mass is 339 g/mol. The van der Waals surface area contributed by atoms with Crippen molar-refractivity contribution in [1.82, 2.24) is 15.1 Å². The van der Waals surface area contributed by atoms with Gasteiger partial charge in [-0.05, 0) is 43.3 Å². The van der Waals surface area contributed by atoms with E-state index in [1.807, 2.05) is 12.1 Å². The van der Waals surface area contributed by atoms with Gasteiger partial charge in [0, 0.05) is 18.5 Å². The van der Waals surface area contributed by atoms with Crippen LogP contribution in [0.2, 0.25) is 0 Å². The molecule has 0 atom stereocenters. The van der Waals surface area contributed by atoms with Crippen molar-refractivity contribution in [3.05, 3.63) is 71.4 Å². The highest BCUT2D eigenvalue weighted by Crippen LogP contribution is 2.15. The molecule has 0 spiro atoms. The number of amides is 1. The predicted octanol–water partition coefficient (Wildman–Crippen LogP) is 2.44. The number of carboxylic acids is 1. The Kier molecular flexibility index (Phi) is 4.65. The topological polar surface area (TPSA) is 97.4 Å². The molecule has 2 aromatic heterocycles. The van der Waals surface area contributed by atoms with E-state index in [1.54, 1.807) is 37.5 Å². The number of carbonyl (C=O) groups is 2. The molecule has 0 saturated carbocycles. The van der Waals surface area contributed by atoms with Gasteiger partial charge >= 0.3 is 5.97 Å². The molecule has 0 fully saturated rings. The summed E-state index contributed by atoms with van der Waals surface area (Å²) in [5.74, 6) is -0.378. The summed E-state index contributed by atoms with van der Waals surface area (Å²) in [4.78, 5) is 23.2. The first-order valence-corrected chi connectivity index (χ1v) is 7.75. The molecule has 3 rings (SSSR count). The summed E-state index contributed by atoms with van der Waals surface area (Å²) in [6.45, 7) is 2.17. The van der Waals surface area contributed by atoms with Crippen molar-refractivity contribution in [2.75, 3.05) is 6.54 Å². The second-order valence-electron chi connectivity index (χ2n) is 5.49. The summed E-state index contributed by atoms with van der Waals surface area (Å²) in [6, 6.07) is 10.5. The van der Waals surface area contributed by atoms with Gasteiger partial charge in [0.1, 0.15) is 11.3 Å². The molecule has 1 amide bonds. The van der Waals surface area contributed by atoms with Crippen LogP contribution in [0.25, 0.3) is 5.69 Å². The van der Waals surface area contributed by atoms with Crippen LogP contribution in [0, 0.1) is 6.92 Å². The van der Waals surface area contributed by atoms with Crippen molar-refractivity contribution in [1.29, 1.82) is 0 Å². The Balaban J connectivity index is 1.65. The van der Waals surface area contributed by atoms with Crippen LogP contribution >= 0.6 is 0 Å². The van der Waals surface area contributed by atoms with Crippen molar-refractivity contribution in [3.63, 3.8) is 0 Å². The molecule has 7 nitrogen and oxygen atoms in total. The standard InChI is InChI=1S/C18H17N3O4/c1-12-16(18(23)24)11-20-21(12)14-6-4-13(5-7-14)17(22)19-9-8-15-3-2-10-25-15/h2-7,10-11H,8-9H2,1H3,(H,19,22)(H,23,24). The molecule has 1 aromatic carbocycles. The number of nitrogens with one attached hydrogen (secondary N) is 1. The number of carboxylic acid groups (broad SMARTS) is 1. The molecule has 3 aromatic rings. The summed E-state index contributed by atoms with van der Waals surface area (Å²) in [7, 11) is 0. The summed E-state index contributed by atoms with van der Waals surface area (Å²) < 4.78 is 6.74. The minimum Gasteiger partial charge on any atom is -0.478 e. The van der Waals surface area contributed by atoms with Gasteiger partial charge in [-0.15, -0.1) is 0 Å². The molecule has 7 heteroatoms. The Morgan fingerprint density at radius 2 is 2.00 bits per heavy atom. The quantitative estimate of drug-likeness (QED) is 0.719. The Morgan fingerprint density at radius 1 is 1.24 bits per heavy atom. The molecule has 0 aliphatic carbocycles. The number of carbonyl (C=O) groups excluding carboxylic acids is 1. The number of hydrogen-bond donors (Lipinski definition) is 2. The molecule has 0 aliphatic rings. The summed E-state index contributed by atoms with van der Waals surface area (Å²) >= 11 is 0. The van der Waals surface area contributed by atoms with Crippen molar-refractivity contribution >= 4 is 11.9 Å². The normalized spacial score (nSPS) is 10.6. The van der Waals surface area contributed by atoms with E-state index in [4.69, 9.17) is 9.52 Å². The minimum absolute atomic E-state index is 0.153. The highest BCUT2D eigenvalue weighted by atomic mass is 16.4. The fourth-order valence-electron chi connectivity index (χ4n) is 2.49. The molecule has 0 unspecified atom stereocenters. The van der Waals surface area contributed by atoms with Crippen LogP contribution in [0.4, 0.5) is 0 Å². The third kappa shape index (κ3) is 3.60. The van der Waals surface area contributed by atoms with Crippen LogP contribution in [0.1, 0.15) is 32.2 Å². The number of nitrogens with zero attached hydrogens (tertiary/aromatic N) is 2. The fraction of sp³-hybridized carbons (Fsp3) is 0.167. The van der Waals surface area contributed by atoms with Crippen LogP contribution in [-0.4, -0.2) is 33.3 Å². The molecule has 0 aliphatic heterocycles. The molecule has 2 heterocycles. The first kappa shape index (κ1) is 16.5. The average Bonchev–Trinajstić information content (AvgIpc) is 3.24. The Morgan fingerprint density at radius 3 is 2.60 bits per heavy atom. The van der Waals surface area contributed by atoms with Crippen molar-refractivity contribution in [2.24, 2.45) is 0 Å². The first-order valence-electron chi connectivity index (χ1n) is 7.75. The number of aromatic nitrogens is 2. The Bertz CT molecular complexity index is 880. The molecule has 128 valence electrons. The van der Waals surface area contributed by atoms with Crippen LogP contribution in [0.15, 0.2) is 53.3 Å². The van der Waals surface area contributed by atoms with E-state index in [9.17, 15) is 9.59 Å². The molecule has 25 heavy (non-hydrogen) atoms. The number of aromatic carboxylic acids is 1. The first-order chi connectivity index (χ1) is 12.1. The van der Waals surface area contributed by atoms with Crippen LogP contribution in [0.5, 0.6) is 0 Å². The van der Waals surface area contributed by atoms with E-state index in [-0.39, 0.29) is 11.5 Å². The van der Waals surface area contributed by atoms with E-state index < -0.39 is 5.97 Å². The van der Waals surface area contributed by atoms with Gasteiger partial charge in [0.25, 0.3) is 5.91 Å². The summed E-state index contributed by atoms with van der Waals surface area (Å²) in [5, 5.41) is 16.0. The lowest BCUT2D eigenvalue weighted by molar-refractivity contribution is 0.0695. The van der Waals surface area contributed by atoms with E-state index in [0.717, 1.165) is 5.76 Å². The zero-order valence-corrected chi connectivity index (χ0v) is 13.6. The second kappa shape index (κ2) is 7.04. The maximum atomic E-state index is 12.1. The largest absolute Gasteiger partial charge is 0.478 e. The lowest BCUT2D eigenvalue weighted by atomic mass is 10.2. The predicted molar refractivity (Wildman–Crippen MR) is 90.0 cm³/mol. The van der Waals surface area contributed by atoms with Crippen LogP contribution < -0.4 is 5.32 Å². The van der Waals surface area contributed by atoms with E-state index in [2.05, 4.69) is 10.4 Å². The van der Waals surface area contributed by atoms with Crippen molar-refractivity contribution in [3.8, 4) is 5.69 Å². The Hall–Kier alpha value is -3.35. The van der Waals surface area contributed by atoms with Gasteiger partial charge in [-0.2, -0.15) is 5.10 Å². The van der Waals surface area contributed by atoms with Gasteiger partial charge in [-0.25, -0.2) is 9.48 Å². The lowest BCUT2D eigenvalue weighted by Crippen LogP contribution is -2.25. The molecular formula is C18H17N3O4. The van der Waals surface area contributed by atoms with Gasteiger partial charge in [0.05, 0.1) is 23.8 Å². The molecule has 2 N–H and O–H groups in total. The number of furan rings is 1. The zero-order valence-electron chi connectivity index (χ0n) is 13.6. The third-order valence-electron chi connectivity index (χ3n) is 3.85. The highest BCUT2D eigenvalue weighted by molar-refractivity contribution is 5.94. The smallest absolute Gasteiger partial charge is 0.339 e. The van der Waals surface area contributed by atoms with Gasteiger partial charge < -0.3 is 14.8 Å². The molecule has 0 bridgehead atoms. The number of benzene rings is 1. The SMILES string of the molecule is Cc1c(C(=O)O)cnn1-c1ccc(C(=O)NCCc2ccco2)cc1. The number of hydrogen-bond acceptors (Lipinski definition) is 4. The van der Waals surface area contributed by atoms with Gasteiger partial charge in [-0.3, -0.25) is 4.79 Å². The molecule has 0 radical (unpaired) electrons. The van der Waals surface area contributed by atoms with Crippen LogP contribution in [-0.2, 0) is 6.42 Å². The Labute approximate surface area is 143 Å². The fourth-order valence-corrected chi connectivity index (χ4v) is 2.49. The van der Waals surface area contributed by atoms with Gasteiger partial charge in [0.2, 0.25) is 0 Å². The maximum absolute atomic E-state index is 12.1. The van der Waals surface area contributed by atoms with Crippen LogP contribution in [0.3, 0.4) is 0 Å². The average molecular weight is 339 g/mol. The van der Waals surface area contributed by atoms with E-state index in [1.165, 1.54) is 10.9 Å². The zero-order chi connectivity index (χ0) is 17.8. The third-order valence-corrected chi connectivity index (χ3v) is 3.85. The van der Waals surface area contributed by atoms with Crippen molar-refractivity contribution < 1.29 is 19.1 Å². The maximum Gasteiger partial charge on any atom is 0.339 e. The molecule has 0 saturated heterocycles.